The van der Waals surface area contributed by atoms with Gasteiger partial charge >= 0.3 is 5.97 Å². The van der Waals surface area contributed by atoms with Gasteiger partial charge in [0.25, 0.3) is 0 Å². The Bertz CT molecular complexity index is 542. The number of amides is 1. The lowest BCUT2D eigenvalue weighted by atomic mass is 9.96. The summed E-state index contributed by atoms with van der Waals surface area (Å²) in [5.41, 5.74) is 2.07. The van der Waals surface area contributed by atoms with Gasteiger partial charge in [0, 0.05) is 19.5 Å². The lowest BCUT2D eigenvalue weighted by Crippen LogP contribution is -2.47. The first kappa shape index (κ1) is 15.2. The normalized spacial score (nSPS) is 18.5. The number of nitrogens with zero attached hydrogens (tertiary/aromatic N) is 1. The molecule has 1 fully saturated rings. The fraction of sp³-hybridized carbons (Fsp3) is 0.438. The van der Waals surface area contributed by atoms with Gasteiger partial charge in [0.15, 0.2) is 5.78 Å². The number of likely N-dealkylation sites (tertiary alicyclic amines) is 1. The highest BCUT2D eigenvalue weighted by molar-refractivity contribution is 6.00. The van der Waals surface area contributed by atoms with Crippen molar-refractivity contribution in [3.8, 4) is 0 Å². The Kier molecular flexibility index (Phi) is 4.73. The molecule has 0 bridgehead atoms. The van der Waals surface area contributed by atoms with Crippen molar-refractivity contribution in [3.63, 3.8) is 0 Å². The second-order valence-electron chi connectivity index (χ2n) is 5.29. The third-order valence-corrected chi connectivity index (χ3v) is 3.73. The summed E-state index contributed by atoms with van der Waals surface area (Å²) < 4.78 is 4.62. The van der Waals surface area contributed by atoms with Gasteiger partial charge in [-0.25, -0.2) is 0 Å². The van der Waals surface area contributed by atoms with Crippen molar-refractivity contribution in [2.75, 3.05) is 20.2 Å². The average molecular weight is 289 g/mol. The predicted octanol–water partition coefficient (Wildman–Crippen LogP) is 1.13. The first-order valence-electron chi connectivity index (χ1n) is 6.95. The van der Waals surface area contributed by atoms with Gasteiger partial charge in [-0.15, -0.1) is 0 Å². The van der Waals surface area contributed by atoms with Gasteiger partial charge in [-0.3, -0.25) is 14.4 Å². The van der Waals surface area contributed by atoms with E-state index in [1.54, 1.807) is 4.90 Å². The van der Waals surface area contributed by atoms with Gasteiger partial charge in [-0.05, 0) is 12.5 Å². The van der Waals surface area contributed by atoms with Crippen LogP contribution in [0.25, 0.3) is 0 Å². The topological polar surface area (TPSA) is 63.7 Å². The molecule has 1 saturated heterocycles. The molecule has 5 nitrogen and oxygen atoms in total. The Morgan fingerprint density at radius 2 is 1.95 bits per heavy atom. The number of rotatable bonds is 3. The maximum atomic E-state index is 12.3. The quantitative estimate of drug-likeness (QED) is 0.618. The highest BCUT2D eigenvalue weighted by Gasteiger charge is 2.35. The minimum Gasteiger partial charge on any atom is -0.468 e. The van der Waals surface area contributed by atoms with Crippen molar-refractivity contribution >= 4 is 17.7 Å². The van der Waals surface area contributed by atoms with E-state index < -0.39 is 11.9 Å². The summed E-state index contributed by atoms with van der Waals surface area (Å²) in [6.45, 7) is 2.48. The van der Waals surface area contributed by atoms with E-state index in [1.165, 1.54) is 7.11 Å². The van der Waals surface area contributed by atoms with Crippen LogP contribution in [-0.4, -0.2) is 42.8 Å². The van der Waals surface area contributed by atoms with Gasteiger partial charge in [0.1, 0.15) is 5.92 Å². The fourth-order valence-corrected chi connectivity index (χ4v) is 2.40. The zero-order valence-electron chi connectivity index (χ0n) is 12.3. The third-order valence-electron chi connectivity index (χ3n) is 3.73. The Morgan fingerprint density at radius 1 is 1.29 bits per heavy atom. The van der Waals surface area contributed by atoms with E-state index in [0.717, 1.165) is 11.1 Å². The van der Waals surface area contributed by atoms with Crippen molar-refractivity contribution in [1.82, 2.24) is 4.90 Å². The van der Waals surface area contributed by atoms with Crippen LogP contribution >= 0.6 is 0 Å². The van der Waals surface area contributed by atoms with E-state index in [4.69, 9.17) is 0 Å². The number of benzene rings is 1. The Balaban J connectivity index is 2.00. The lowest BCUT2D eigenvalue weighted by molar-refractivity contribution is -0.153. The maximum absolute atomic E-state index is 12.3. The second kappa shape index (κ2) is 6.52. The molecule has 1 heterocycles. The number of carbonyl (C=O) groups excluding carboxylic acids is 3. The summed E-state index contributed by atoms with van der Waals surface area (Å²) in [6, 6.07) is 7.75. The van der Waals surface area contributed by atoms with E-state index in [9.17, 15) is 14.4 Å². The van der Waals surface area contributed by atoms with E-state index in [1.807, 2.05) is 31.2 Å². The van der Waals surface area contributed by atoms with E-state index in [-0.39, 0.29) is 31.1 Å². The second-order valence-corrected chi connectivity index (χ2v) is 5.29. The van der Waals surface area contributed by atoms with Crippen LogP contribution in [0.2, 0.25) is 0 Å². The van der Waals surface area contributed by atoms with Crippen LogP contribution in [0.4, 0.5) is 0 Å². The van der Waals surface area contributed by atoms with Crippen LogP contribution in [-0.2, 0) is 25.5 Å². The first-order valence-corrected chi connectivity index (χ1v) is 6.95. The Morgan fingerprint density at radius 3 is 2.57 bits per heavy atom. The Hall–Kier alpha value is -2.17. The fourth-order valence-electron chi connectivity index (χ4n) is 2.40. The van der Waals surface area contributed by atoms with E-state index >= 15 is 0 Å². The highest BCUT2D eigenvalue weighted by Crippen LogP contribution is 2.16. The smallest absolute Gasteiger partial charge is 0.318 e. The molecule has 1 aliphatic heterocycles. The van der Waals surface area contributed by atoms with Crippen LogP contribution in [0.3, 0.4) is 0 Å². The molecule has 1 aromatic carbocycles. The van der Waals surface area contributed by atoms with Crippen molar-refractivity contribution in [2.45, 2.75) is 19.8 Å². The average Bonchev–Trinajstić information content (AvgIpc) is 2.49. The van der Waals surface area contributed by atoms with Crippen LogP contribution in [0.15, 0.2) is 24.3 Å². The van der Waals surface area contributed by atoms with E-state index in [0.29, 0.717) is 6.54 Å². The monoisotopic (exact) mass is 289 g/mol. The number of ether oxygens (including phenoxy) is 1. The number of hydrogen-bond acceptors (Lipinski definition) is 4. The highest BCUT2D eigenvalue weighted by atomic mass is 16.5. The molecule has 0 spiro atoms. The molecule has 0 radical (unpaired) electrons. The molecule has 1 aromatic rings. The molecule has 0 saturated carbocycles. The largest absolute Gasteiger partial charge is 0.468 e. The molecule has 1 atom stereocenters. The molecule has 2 rings (SSSR count). The van der Waals surface area contributed by atoms with Crippen molar-refractivity contribution < 1.29 is 19.1 Å². The van der Waals surface area contributed by atoms with E-state index in [2.05, 4.69) is 4.74 Å². The Labute approximate surface area is 123 Å². The summed E-state index contributed by atoms with van der Waals surface area (Å²) in [5, 5.41) is 0. The maximum Gasteiger partial charge on any atom is 0.318 e. The van der Waals surface area contributed by atoms with Crippen LogP contribution in [0.5, 0.6) is 0 Å². The molecule has 0 aliphatic carbocycles. The zero-order chi connectivity index (χ0) is 15.4. The van der Waals surface area contributed by atoms with Gasteiger partial charge in [-0.2, -0.15) is 0 Å². The molecule has 21 heavy (non-hydrogen) atoms. The molecule has 112 valence electrons. The van der Waals surface area contributed by atoms with Crippen LogP contribution in [0.1, 0.15) is 17.5 Å². The van der Waals surface area contributed by atoms with Gasteiger partial charge in [0.05, 0.1) is 13.5 Å². The summed E-state index contributed by atoms with van der Waals surface area (Å²) >= 11 is 0. The van der Waals surface area contributed by atoms with Crippen molar-refractivity contribution in [1.29, 1.82) is 0 Å². The molecule has 5 heteroatoms. The summed E-state index contributed by atoms with van der Waals surface area (Å²) in [7, 11) is 1.25. The van der Waals surface area contributed by atoms with Crippen LogP contribution in [0, 0.1) is 12.8 Å². The number of Topliss-reactive ketones (excluding diaryl/α,β-unsaturated/α-hetero) is 1. The minimum absolute atomic E-state index is 0.0692. The van der Waals surface area contributed by atoms with Crippen molar-refractivity contribution in [2.24, 2.45) is 5.92 Å². The van der Waals surface area contributed by atoms with Crippen molar-refractivity contribution in [3.05, 3.63) is 35.4 Å². The minimum atomic E-state index is -0.842. The number of carbonyl (C=O) groups is 3. The molecule has 0 N–H and O–H groups in total. The number of hydrogen-bond donors (Lipinski definition) is 0. The number of piperidine rings is 1. The number of aryl methyl sites for hydroxylation is 1. The molecule has 1 unspecified atom stereocenters. The number of esters is 1. The molecule has 1 aliphatic rings. The standard InChI is InChI=1S/C16H19NO4/c1-11-3-5-12(6-4-11)9-15(19)17-8-7-14(18)13(10-17)16(20)21-2/h3-6,13H,7-10H2,1-2H3. The lowest BCUT2D eigenvalue weighted by Gasteiger charge is -2.30. The number of methoxy groups -OCH3 is 1. The number of ketones is 1. The third kappa shape index (κ3) is 3.68. The summed E-state index contributed by atoms with van der Waals surface area (Å²) in [6.07, 6.45) is 0.488. The summed E-state index contributed by atoms with van der Waals surface area (Å²) in [4.78, 5) is 37.1. The van der Waals surface area contributed by atoms with Gasteiger partial charge in [0.2, 0.25) is 5.91 Å². The van der Waals surface area contributed by atoms with Gasteiger partial charge < -0.3 is 9.64 Å². The molecule has 1 amide bonds. The first-order chi connectivity index (χ1) is 10.0. The molecule has 0 aromatic heterocycles. The predicted molar refractivity (Wildman–Crippen MR) is 76.6 cm³/mol. The molecular weight excluding hydrogens is 270 g/mol. The van der Waals surface area contributed by atoms with Crippen LogP contribution < -0.4 is 0 Å². The summed E-state index contributed by atoms with van der Waals surface area (Å²) in [5.74, 6) is -1.62. The SMILES string of the molecule is COC(=O)C1CN(C(=O)Cc2ccc(C)cc2)CCC1=O. The zero-order valence-corrected chi connectivity index (χ0v) is 12.3. The molecular formula is C16H19NO4. The van der Waals surface area contributed by atoms with Gasteiger partial charge in [-0.1, -0.05) is 29.8 Å².